The highest BCUT2D eigenvalue weighted by atomic mass is 33.1. The summed E-state index contributed by atoms with van der Waals surface area (Å²) in [6.45, 7) is 5.12. The smallest absolute Gasteiger partial charge is 0.252 e. The summed E-state index contributed by atoms with van der Waals surface area (Å²) in [4.78, 5) is 25.7. The van der Waals surface area contributed by atoms with E-state index in [1.807, 2.05) is 13.8 Å². The van der Waals surface area contributed by atoms with Crippen molar-refractivity contribution >= 4 is 33.4 Å². The second-order valence-electron chi connectivity index (χ2n) is 6.67. The number of unbranched alkanes of at least 4 members (excludes halogenated alkanes) is 2. The highest BCUT2D eigenvalue weighted by Crippen LogP contribution is 2.41. The molecule has 30 heavy (non-hydrogen) atoms. The van der Waals surface area contributed by atoms with Gasteiger partial charge in [-0.25, -0.2) is 8.78 Å². The number of halogens is 2. The SMILES string of the molecule is CCCCNC(=O)c1ccc(F)cc1SSc1cc(F)ccc1C(=O)NCCCC. The van der Waals surface area contributed by atoms with Crippen molar-refractivity contribution < 1.29 is 18.4 Å². The number of rotatable bonds is 11. The summed E-state index contributed by atoms with van der Waals surface area (Å²) < 4.78 is 27.6. The number of hydrogen-bond donors (Lipinski definition) is 2. The Balaban J connectivity index is 2.18. The molecule has 0 aliphatic rings. The molecule has 2 rings (SSSR count). The van der Waals surface area contributed by atoms with E-state index >= 15 is 0 Å². The normalized spacial score (nSPS) is 10.7. The number of carbonyl (C=O) groups excluding carboxylic acids is 2. The molecule has 0 spiro atoms. The molecule has 0 aliphatic heterocycles. The monoisotopic (exact) mass is 452 g/mol. The molecular formula is C22H26F2N2O2S2. The van der Waals surface area contributed by atoms with Gasteiger partial charge in [0, 0.05) is 22.9 Å². The van der Waals surface area contributed by atoms with Gasteiger partial charge >= 0.3 is 0 Å². The van der Waals surface area contributed by atoms with E-state index in [0.29, 0.717) is 34.0 Å². The lowest BCUT2D eigenvalue weighted by Crippen LogP contribution is -2.25. The largest absolute Gasteiger partial charge is 0.352 e. The first-order valence-electron chi connectivity index (χ1n) is 9.96. The molecular weight excluding hydrogens is 426 g/mol. The molecule has 0 saturated heterocycles. The van der Waals surface area contributed by atoms with E-state index in [0.717, 1.165) is 47.3 Å². The second kappa shape index (κ2) is 12.6. The number of benzene rings is 2. The third-order valence-corrected chi connectivity index (χ3v) is 6.67. The van der Waals surface area contributed by atoms with Gasteiger partial charge in [0.2, 0.25) is 0 Å². The standard InChI is InChI=1S/C22H26F2N2O2S2/c1-3-5-11-25-21(27)17-9-7-15(23)13-19(17)29-30-20-14-16(24)8-10-18(20)22(28)26-12-6-4-2/h7-10,13-14H,3-6,11-12H2,1-2H3,(H,25,27)(H,26,28). The van der Waals surface area contributed by atoms with Gasteiger partial charge in [0.15, 0.2) is 0 Å². The minimum absolute atomic E-state index is 0.289. The molecule has 162 valence electrons. The fraction of sp³-hybridized carbons (Fsp3) is 0.364. The van der Waals surface area contributed by atoms with Gasteiger partial charge in [-0.05, 0) is 49.2 Å². The van der Waals surface area contributed by atoms with Crippen LogP contribution in [0.15, 0.2) is 46.2 Å². The minimum atomic E-state index is -0.472. The molecule has 0 unspecified atom stereocenters. The van der Waals surface area contributed by atoms with Crippen molar-refractivity contribution in [3.8, 4) is 0 Å². The molecule has 0 fully saturated rings. The molecule has 8 heteroatoms. The van der Waals surface area contributed by atoms with E-state index in [1.54, 1.807) is 0 Å². The second-order valence-corrected chi connectivity index (χ2v) is 8.88. The molecule has 0 heterocycles. The summed E-state index contributed by atoms with van der Waals surface area (Å²) in [7, 11) is 2.24. The molecule has 2 amide bonds. The van der Waals surface area contributed by atoms with E-state index in [-0.39, 0.29) is 11.8 Å². The van der Waals surface area contributed by atoms with Gasteiger partial charge in [-0.2, -0.15) is 0 Å². The van der Waals surface area contributed by atoms with Gasteiger partial charge < -0.3 is 10.6 Å². The molecule has 0 bridgehead atoms. The van der Waals surface area contributed by atoms with E-state index in [4.69, 9.17) is 0 Å². The van der Waals surface area contributed by atoms with E-state index in [9.17, 15) is 18.4 Å². The van der Waals surface area contributed by atoms with Gasteiger partial charge in [-0.3, -0.25) is 9.59 Å². The topological polar surface area (TPSA) is 58.2 Å². The maximum absolute atomic E-state index is 13.8. The van der Waals surface area contributed by atoms with Gasteiger partial charge in [0.25, 0.3) is 11.8 Å². The van der Waals surface area contributed by atoms with Crippen LogP contribution >= 0.6 is 21.6 Å². The third-order valence-electron chi connectivity index (χ3n) is 4.23. The lowest BCUT2D eigenvalue weighted by molar-refractivity contribution is 0.0942. The Labute approximate surface area is 184 Å². The van der Waals surface area contributed by atoms with Crippen molar-refractivity contribution in [2.24, 2.45) is 0 Å². The van der Waals surface area contributed by atoms with Crippen molar-refractivity contribution in [1.82, 2.24) is 10.6 Å². The van der Waals surface area contributed by atoms with Crippen LogP contribution in [0.3, 0.4) is 0 Å². The summed E-state index contributed by atoms with van der Waals surface area (Å²) in [5.41, 5.74) is 0.686. The molecule has 2 aromatic carbocycles. The molecule has 2 N–H and O–H groups in total. The number of hydrogen-bond acceptors (Lipinski definition) is 4. The fourth-order valence-corrected chi connectivity index (χ4v) is 4.91. The van der Waals surface area contributed by atoms with E-state index < -0.39 is 11.6 Å². The zero-order chi connectivity index (χ0) is 21.9. The highest BCUT2D eigenvalue weighted by Gasteiger charge is 2.17. The van der Waals surface area contributed by atoms with Crippen LogP contribution in [0.5, 0.6) is 0 Å². The van der Waals surface area contributed by atoms with Crippen molar-refractivity contribution in [3.05, 3.63) is 59.2 Å². The summed E-state index contributed by atoms with van der Waals surface area (Å²) in [6, 6.07) is 7.88. The van der Waals surface area contributed by atoms with Crippen LogP contribution in [0.4, 0.5) is 8.78 Å². The van der Waals surface area contributed by atoms with Gasteiger partial charge in [-0.15, -0.1) is 0 Å². The summed E-state index contributed by atoms with van der Waals surface area (Å²) in [6.07, 6.45) is 3.60. The summed E-state index contributed by atoms with van der Waals surface area (Å²) >= 11 is 0. The Hall–Kier alpha value is -2.06. The van der Waals surface area contributed by atoms with Crippen LogP contribution in [0, 0.1) is 11.6 Å². The Morgan fingerprint density at radius 3 is 1.53 bits per heavy atom. The van der Waals surface area contributed by atoms with Crippen molar-refractivity contribution in [2.75, 3.05) is 13.1 Å². The molecule has 4 nitrogen and oxygen atoms in total. The molecule has 0 aliphatic carbocycles. The molecule has 0 saturated carbocycles. The minimum Gasteiger partial charge on any atom is -0.352 e. The van der Waals surface area contributed by atoms with Crippen LogP contribution in [-0.2, 0) is 0 Å². The predicted molar refractivity (Wildman–Crippen MR) is 119 cm³/mol. The fourth-order valence-electron chi connectivity index (χ4n) is 2.54. The van der Waals surface area contributed by atoms with E-state index in [1.165, 1.54) is 36.4 Å². The number of amides is 2. The summed E-state index contributed by atoms with van der Waals surface area (Å²) in [5.74, 6) is -1.52. The summed E-state index contributed by atoms with van der Waals surface area (Å²) in [5, 5.41) is 5.63. The average molecular weight is 453 g/mol. The van der Waals surface area contributed by atoms with Crippen molar-refractivity contribution in [2.45, 2.75) is 49.3 Å². The highest BCUT2D eigenvalue weighted by molar-refractivity contribution is 8.76. The van der Waals surface area contributed by atoms with Crippen LogP contribution < -0.4 is 10.6 Å². The zero-order valence-corrected chi connectivity index (χ0v) is 18.7. The lowest BCUT2D eigenvalue weighted by atomic mass is 10.2. The quantitative estimate of drug-likeness (QED) is 0.333. The van der Waals surface area contributed by atoms with E-state index in [2.05, 4.69) is 10.6 Å². The van der Waals surface area contributed by atoms with Gasteiger partial charge in [0.1, 0.15) is 11.6 Å². The van der Waals surface area contributed by atoms with Crippen LogP contribution in [0.25, 0.3) is 0 Å². The van der Waals surface area contributed by atoms with Gasteiger partial charge in [0.05, 0.1) is 11.1 Å². The Bertz CT molecular complexity index is 807. The Kier molecular flexibility index (Phi) is 10.2. The molecule has 0 aromatic heterocycles. The van der Waals surface area contributed by atoms with Crippen LogP contribution in [0.1, 0.15) is 60.2 Å². The lowest BCUT2D eigenvalue weighted by Gasteiger charge is -2.12. The first kappa shape index (κ1) is 24.2. The Morgan fingerprint density at radius 2 is 1.17 bits per heavy atom. The third kappa shape index (κ3) is 7.32. The van der Waals surface area contributed by atoms with Crippen LogP contribution in [0.2, 0.25) is 0 Å². The zero-order valence-electron chi connectivity index (χ0n) is 17.1. The Morgan fingerprint density at radius 1 is 0.767 bits per heavy atom. The van der Waals surface area contributed by atoms with Crippen LogP contribution in [-0.4, -0.2) is 24.9 Å². The van der Waals surface area contributed by atoms with Gasteiger partial charge in [-0.1, -0.05) is 48.3 Å². The van der Waals surface area contributed by atoms with Crippen molar-refractivity contribution in [1.29, 1.82) is 0 Å². The number of carbonyl (C=O) groups is 2. The first-order valence-corrected chi connectivity index (χ1v) is 12.1. The maximum Gasteiger partial charge on any atom is 0.252 e. The average Bonchev–Trinajstić information content (AvgIpc) is 2.72. The number of nitrogens with one attached hydrogen (secondary N) is 2. The first-order chi connectivity index (χ1) is 14.5. The molecule has 0 radical (unpaired) electrons. The predicted octanol–water partition coefficient (Wildman–Crippen LogP) is 5.82. The molecule has 2 aromatic rings. The van der Waals surface area contributed by atoms with Crippen molar-refractivity contribution in [3.63, 3.8) is 0 Å². The molecule has 0 atom stereocenters. The maximum atomic E-state index is 13.8.